The van der Waals surface area contributed by atoms with Gasteiger partial charge in [-0.25, -0.2) is 4.98 Å². The normalized spacial score (nSPS) is 10.6. The van der Waals surface area contributed by atoms with Gasteiger partial charge in [0.05, 0.1) is 11.1 Å². The fraction of sp³-hybridized carbons (Fsp3) is 0. The lowest BCUT2D eigenvalue weighted by Gasteiger charge is -2.06. The molecule has 4 nitrogen and oxygen atoms in total. The van der Waals surface area contributed by atoms with E-state index in [2.05, 4.69) is 31.2 Å². The van der Waals surface area contributed by atoms with E-state index in [1.54, 1.807) is 18.3 Å². The number of nitrogens with one attached hydrogen (secondary N) is 1. The molecule has 0 saturated carbocycles. The number of hydrogen-bond acceptors (Lipinski definition) is 5. The Morgan fingerprint density at radius 3 is 2.84 bits per heavy atom. The predicted octanol–water partition coefficient (Wildman–Crippen LogP) is 3.56. The van der Waals surface area contributed by atoms with E-state index in [9.17, 15) is 4.79 Å². The molecule has 19 heavy (non-hydrogen) atoms. The van der Waals surface area contributed by atoms with E-state index < -0.39 is 0 Å². The topological polar surface area (TPSA) is 54.9 Å². The number of pyridine rings is 1. The lowest BCUT2D eigenvalue weighted by Crippen LogP contribution is -2.08. The highest BCUT2D eigenvalue weighted by Crippen LogP contribution is 2.27. The number of hydrogen-bond donors (Lipinski definition) is 1. The number of benzene rings is 1. The first kappa shape index (κ1) is 12.3. The highest BCUT2D eigenvalue weighted by molar-refractivity contribution is 9.10. The Labute approximate surface area is 121 Å². The second-order valence-corrected chi connectivity index (χ2v) is 5.62. The SMILES string of the molecule is O=c1nc(Nc2ccccc2Br)sc2ncccc12. The maximum Gasteiger partial charge on any atom is 0.282 e. The van der Waals surface area contributed by atoms with Crippen molar-refractivity contribution in [3.8, 4) is 0 Å². The average molecular weight is 334 g/mol. The Kier molecular flexibility index (Phi) is 3.27. The zero-order valence-corrected chi connectivity index (χ0v) is 12.0. The second-order valence-electron chi connectivity index (χ2n) is 3.79. The van der Waals surface area contributed by atoms with Crippen molar-refractivity contribution < 1.29 is 0 Å². The number of halogens is 1. The van der Waals surface area contributed by atoms with Crippen molar-refractivity contribution in [1.29, 1.82) is 0 Å². The van der Waals surface area contributed by atoms with Crippen molar-refractivity contribution in [2.24, 2.45) is 0 Å². The Morgan fingerprint density at radius 2 is 2.00 bits per heavy atom. The van der Waals surface area contributed by atoms with E-state index in [0.717, 1.165) is 10.2 Å². The minimum atomic E-state index is -0.267. The van der Waals surface area contributed by atoms with Crippen LogP contribution in [0.25, 0.3) is 10.2 Å². The third-order valence-corrected chi connectivity index (χ3v) is 4.11. The predicted molar refractivity (Wildman–Crippen MR) is 81.1 cm³/mol. The molecule has 1 N–H and O–H groups in total. The molecule has 6 heteroatoms. The standard InChI is InChI=1S/C13H8BrN3OS/c14-9-5-1-2-6-10(9)16-13-17-11(18)8-4-3-7-15-12(8)19-13/h1-7H,(H,16,17,18). The fourth-order valence-electron chi connectivity index (χ4n) is 1.63. The molecule has 1 aromatic carbocycles. The lowest BCUT2D eigenvalue weighted by atomic mass is 10.3. The van der Waals surface area contributed by atoms with Crippen molar-refractivity contribution >= 4 is 48.3 Å². The van der Waals surface area contributed by atoms with Crippen LogP contribution in [0.2, 0.25) is 0 Å². The number of anilines is 2. The summed E-state index contributed by atoms with van der Waals surface area (Å²) >= 11 is 4.79. The minimum Gasteiger partial charge on any atom is -0.330 e. The Balaban J connectivity index is 2.07. The summed E-state index contributed by atoms with van der Waals surface area (Å²) in [6.45, 7) is 0. The van der Waals surface area contributed by atoms with Crippen molar-refractivity contribution in [1.82, 2.24) is 9.97 Å². The smallest absolute Gasteiger partial charge is 0.282 e. The van der Waals surface area contributed by atoms with E-state index in [-0.39, 0.29) is 5.56 Å². The molecule has 0 aliphatic heterocycles. The molecule has 2 heterocycles. The van der Waals surface area contributed by atoms with Crippen LogP contribution < -0.4 is 10.9 Å². The van der Waals surface area contributed by atoms with Crippen LogP contribution in [0, 0.1) is 0 Å². The average Bonchev–Trinajstić information content (AvgIpc) is 2.42. The van der Waals surface area contributed by atoms with Gasteiger partial charge < -0.3 is 5.32 Å². The van der Waals surface area contributed by atoms with Gasteiger partial charge in [-0.2, -0.15) is 4.98 Å². The number of rotatable bonds is 2. The molecule has 0 fully saturated rings. The maximum absolute atomic E-state index is 11.9. The van der Waals surface area contributed by atoms with E-state index in [1.165, 1.54) is 11.3 Å². The van der Waals surface area contributed by atoms with Crippen LogP contribution in [0.1, 0.15) is 0 Å². The van der Waals surface area contributed by atoms with Gasteiger partial charge in [0.1, 0.15) is 4.83 Å². The van der Waals surface area contributed by atoms with E-state index >= 15 is 0 Å². The van der Waals surface area contributed by atoms with Crippen LogP contribution in [-0.2, 0) is 0 Å². The molecule has 3 aromatic rings. The third-order valence-electron chi connectivity index (χ3n) is 2.51. The summed E-state index contributed by atoms with van der Waals surface area (Å²) in [7, 11) is 0. The fourth-order valence-corrected chi connectivity index (χ4v) is 2.87. The van der Waals surface area contributed by atoms with Crippen molar-refractivity contribution in [3.05, 3.63) is 57.4 Å². The number of fused-ring (bicyclic) bond motifs is 1. The molecule has 0 saturated heterocycles. The van der Waals surface area contributed by atoms with Gasteiger partial charge in [0.2, 0.25) is 0 Å². The molecule has 0 spiro atoms. The second kappa shape index (κ2) is 5.07. The van der Waals surface area contributed by atoms with Crippen LogP contribution in [0.4, 0.5) is 10.8 Å². The zero-order chi connectivity index (χ0) is 13.2. The molecular formula is C13H8BrN3OS. The Bertz CT molecular complexity index is 803. The van der Waals surface area contributed by atoms with Crippen LogP contribution >= 0.6 is 27.3 Å². The Morgan fingerprint density at radius 1 is 1.16 bits per heavy atom. The number of nitrogens with zero attached hydrogens (tertiary/aromatic N) is 2. The third kappa shape index (κ3) is 2.50. The summed E-state index contributed by atoms with van der Waals surface area (Å²) in [5, 5.41) is 4.20. The largest absolute Gasteiger partial charge is 0.330 e. The summed E-state index contributed by atoms with van der Waals surface area (Å²) in [6.07, 6.45) is 1.67. The van der Waals surface area contributed by atoms with Gasteiger partial charge in [-0.05, 0) is 40.2 Å². The summed E-state index contributed by atoms with van der Waals surface area (Å²) < 4.78 is 0.914. The van der Waals surface area contributed by atoms with Gasteiger partial charge in [-0.15, -0.1) is 0 Å². The lowest BCUT2D eigenvalue weighted by molar-refractivity contribution is 1.29. The van der Waals surface area contributed by atoms with E-state index in [1.807, 2.05) is 24.3 Å². The van der Waals surface area contributed by atoms with E-state index in [4.69, 9.17) is 0 Å². The van der Waals surface area contributed by atoms with Gasteiger partial charge in [0.15, 0.2) is 5.13 Å². The Hall–Kier alpha value is -1.79. The van der Waals surface area contributed by atoms with Crippen molar-refractivity contribution in [3.63, 3.8) is 0 Å². The van der Waals surface area contributed by atoms with Crippen molar-refractivity contribution in [2.45, 2.75) is 0 Å². The summed E-state index contributed by atoms with van der Waals surface area (Å²) in [5.74, 6) is 0. The molecule has 94 valence electrons. The molecule has 0 atom stereocenters. The first-order valence-electron chi connectivity index (χ1n) is 5.51. The maximum atomic E-state index is 11.9. The first-order chi connectivity index (χ1) is 9.24. The first-order valence-corrected chi connectivity index (χ1v) is 7.12. The molecule has 2 aromatic heterocycles. The molecular weight excluding hydrogens is 326 g/mol. The van der Waals surface area contributed by atoms with Crippen LogP contribution in [-0.4, -0.2) is 9.97 Å². The quantitative estimate of drug-likeness (QED) is 0.779. The number of para-hydroxylation sites is 1. The molecule has 0 amide bonds. The summed E-state index contributed by atoms with van der Waals surface area (Å²) in [5.41, 5.74) is 0.595. The minimum absolute atomic E-state index is 0.267. The summed E-state index contributed by atoms with van der Waals surface area (Å²) in [6, 6.07) is 11.1. The molecule has 0 unspecified atom stereocenters. The van der Waals surface area contributed by atoms with Crippen LogP contribution in [0.15, 0.2) is 51.9 Å². The molecule has 0 bridgehead atoms. The van der Waals surface area contributed by atoms with Gasteiger partial charge in [-0.1, -0.05) is 23.5 Å². The molecule has 0 radical (unpaired) electrons. The number of aromatic nitrogens is 2. The van der Waals surface area contributed by atoms with Gasteiger partial charge in [0.25, 0.3) is 5.56 Å². The van der Waals surface area contributed by atoms with Crippen LogP contribution in [0.5, 0.6) is 0 Å². The van der Waals surface area contributed by atoms with Gasteiger partial charge >= 0.3 is 0 Å². The summed E-state index contributed by atoms with van der Waals surface area (Å²) in [4.78, 5) is 20.8. The van der Waals surface area contributed by atoms with Gasteiger partial charge in [0, 0.05) is 10.7 Å². The van der Waals surface area contributed by atoms with Crippen molar-refractivity contribution in [2.75, 3.05) is 5.32 Å². The van der Waals surface area contributed by atoms with E-state index in [0.29, 0.717) is 15.3 Å². The molecule has 3 rings (SSSR count). The monoisotopic (exact) mass is 333 g/mol. The zero-order valence-electron chi connectivity index (χ0n) is 9.63. The van der Waals surface area contributed by atoms with Gasteiger partial charge in [-0.3, -0.25) is 4.79 Å². The highest BCUT2D eigenvalue weighted by atomic mass is 79.9. The van der Waals surface area contributed by atoms with Crippen LogP contribution in [0.3, 0.4) is 0 Å². The molecule has 0 aliphatic carbocycles. The highest BCUT2D eigenvalue weighted by Gasteiger charge is 2.06. The molecule has 0 aliphatic rings.